The van der Waals surface area contributed by atoms with E-state index in [4.69, 9.17) is 10.3 Å². The van der Waals surface area contributed by atoms with Crippen molar-refractivity contribution in [1.29, 1.82) is 0 Å². The van der Waals surface area contributed by atoms with Crippen LogP contribution in [0.1, 0.15) is 45.0 Å². The summed E-state index contributed by atoms with van der Waals surface area (Å²) in [4.78, 5) is 26.1. The highest BCUT2D eigenvalue weighted by molar-refractivity contribution is 8.00. The minimum absolute atomic E-state index is 0.109. The van der Waals surface area contributed by atoms with Crippen LogP contribution in [0, 0.1) is 17.6 Å². The summed E-state index contributed by atoms with van der Waals surface area (Å²) in [6, 6.07) is 1.46. The third-order valence-electron chi connectivity index (χ3n) is 2.89. The molecule has 0 N–H and O–H groups in total. The lowest BCUT2D eigenvalue weighted by atomic mass is 10.1. The molecule has 0 aliphatic rings. The fourth-order valence-corrected chi connectivity index (χ4v) is 2.88. The Morgan fingerprint density at radius 2 is 1.84 bits per heavy atom. The predicted octanol–water partition coefficient (Wildman–Crippen LogP) is 4.87. The van der Waals surface area contributed by atoms with Gasteiger partial charge in [-0.1, -0.05) is 13.8 Å². The molecule has 6 nitrogen and oxygen atoms in total. The molecule has 0 heterocycles. The molecule has 0 radical (unpaired) electrons. The van der Waals surface area contributed by atoms with Crippen LogP contribution in [-0.4, -0.2) is 22.7 Å². The molecule has 0 aromatic heterocycles. The maximum absolute atomic E-state index is 14.1. The SMILES string of the molecule is CC(C)C(Sc1cc(C(=O)N=[N+]=[N-])c(F)cc1F)C(=O)OC(C)(C)C. The van der Waals surface area contributed by atoms with E-state index in [1.165, 1.54) is 0 Å². The van der Waals surface area contributed by atoms with E-state index in [-0.39, 0.29) is 10.8 Å². The molecule has 0 aliphatic carbocycles. The smallest absolute Gasteiger partial charge is 0.320 e. The van der Waals surface area contributed by atoms with E-state index in [0.29, 0.717) is 6.07 Å². The van der Waals surface area contributed by atoms with Crippen LogP contribution < -0.4 is 0 Å². The van der Waals surface area contributed by atoms with E-state index in [9.17, 15) is 18.4 Å². The number of hydrogen-bond acceptors (Lipinski definition) is 4. The Morgan fingerprint density at radius 1 is 1.24 bits per heavy atom. The molecule has 0 bridgehead atoms. The van der Waals surface area contributed by atoms with Crippen molar-refractivity contribution in [2.45, 2.75) is 50.4 Å². The second-order valence-electron chi connectivity index (χ2n) is 6.57. The summed E-state index contributed by atoms with van der Waals surface area (Å²) in [5.41, 5.74) is 7.01. The summed E-state index contributed by atoms with van der Waals surface area (Å²) in [7, 11) is 0. The van der Waals surface area contributed by atoms with E-state index >= 15 is 0 Å². The first kappa shape index (κ1) is 20.9. The van der Waals surface area contributed by atoms with Crippen molar-refractivity contribution in [3.05, 3.63) is 39.8 Å². The molecular weight excluding hydrogens is 352 g/mol. The molecule has 9 heteroatoms. The lowest BCUT2D eigenvalue weighted by Gasteiger charge is -2.25. The van der Waals surface area contributed by atoms with Gasteiger partial charge in [-0.3, -0.25) is 9.59 Å². The zero-order chi connectivity index (χ0) is 19.4. The Kier molecular flexibility index (Phi) is 6.96. The third-order valence-corrected chi connectivity index (χ3v) is 4.44. The van der Waals surface area contributed by atoms with Gasteiger partial charge < -0.3 is 4.74 Å². The first-order valence-corrected chi connectivity index (χ1v) is 8.32. The highest BCUT2D eigenvalue weighted by atomic mass is 32.2. The summed E-state index contributed by atoms with van der Waals surface area (Å²) in [6.45, 7) is 8.65. The van der Waals surface area contributed by atoms with Gasteiger partial charge in [-0.25, -0.2) is 8.78 Å². The number of ether oxygens (including phenoxy) is 1. The topological polar surface area (TPSA) is 92.1 Å². The average Bonchev–Trinajstić information content (AvgIpc) is 2.44. The maximum Gasteiger partial charge on any atom is 0.320 e. The Labute approximate surface area is 148 Å². The van der Waals surface area contributed by atoms with Crippen LogP contribution >= 0.6 is 11.8 Å². The van der Waals surface area contributed by atoms with Crippen molar-refractivity contribution in [2.75, 3.05) is 0 Å². The Bertz CT molecular complexity index is 726. The van der Waals surface area contributed by atoms with E-state index in [1.807, 2.05) is 0 Å². The second-order valence-corrected chi connectivity index (χ2v) is 7.76. The Balaban J connectivity index is 3.21. The number of hydrogen-bond donors (Lipinski definition) is 0. The fourth-order valence-electron chi connectivity index (χ4n) is 1.83. The van der Waals surface area contributed by atoms with E-state index in [1.54, 1.807) is 34.6 Å². The molecular formula is C16H19F2N3O3S. The molecule has 1 aromatic rings. The third kappa shape index (κ3) is 6.03. The summed E-state index contributed by atoms with van der Waals surface area (Å²) in [5, 5.41) is 2.04. The summed E-state index contributed by atoms with van der Waals surface area (Å²) >= 11 is 0.827. The van der Waals surface area contributed by atoms with E-state index in [2.05, 4.69) is 10.0 Å². The maximum atomic E-state index is 14.1. The highest BCUT2D eigenvalue weighted by Gasteiger charge is 2.30. The first-order valence-electron chi connectivity index (χ1n) is 7.44. The molecule has 1 atom stereocenters. The molecule has 25 heavy (non-hydrogen) atoms. The van der Waals surface area contributed by atoms with Crippen LogP contribution in [0.25, 0.3) is 10.4 Å². The van der Waals surface area contributed by atoms with Crippen LogP contribution in [0.3, 0.4) is 0 Å². The van der Waals surface area contributed by atoms with Crippen molar-refractivity contribution in [3.8, 4) is 0 Å². The molecule has 1 unspecified atom stereocenters. The van der Waals surface area contributed by atoms with E-state index in [0.717, 1.165) is 17.8 Å². The van der Waals surface area contributed by atoms with Gasteiger partial charge in [-0.15, -0.1) is 11.8 Å². The molecule has 1 amide bonds. The van der Waals surface area contributed by atoms with Crippen LogP contribution in [0.2, 0.25) is 0 Å². The number of carbonyl (C=O) groups excluding carboxylic acids is 2. The van der Waals surface area contributed by atoms with Gasteiger partial charge in [-0.05, 0) is 43.4 Å². The van der Waals surface area contributed by atoms with Crippen molar-refractivity contribution in [1.82, 2.24) is 0 Å². The number of halogens is 2. The van der Waals surface area contributed by atoms with Crippen molar-refractivity contribution >= 4 is 23.6 Å². The van der Waals surface area contributed by atoms with Crippen molar-refractivity contribution in [2.24, 2.45) is 11.0 Å². The largest absolute Gasteiger partial charge is 0.459 e. The minimum atomic E-state index is -1.17. The zero-order valence-electron chi connectivity index (χ0n) is 14.5. The zero-order valence-corrected chi connectivity index (χ0v) is 15.4. The molecule has 0 aliphatic heterocycles. The predicted molar refractivity (Wildman–Crippen MR) is 90.2 cm³/mol. The van der Waals surface area contributed by atoms with Crippen LogP contribution in [0.15, 0.2) is 22.1 Å². The van der Waals surface area contributed by atoms with Gasteiger partial charge in [0, 0.05) is 15.9 Å². The number of rotatable bonds is 5. The fraction of sp³-hybridized carbons (Fsp3) is 0.500. The van der Waals surface area contributed by atoms with Crippen molar-refractivity contribution in [3.63, 3.8) is 0 Å². The lowest BCUT2D eigenvalue weighted by molar-refractivity contribution is -0.154. The van der Waals surface area contributed by atoms with Crippen LogP contribution in [0.4, 0.5) is 8.78 Å². The molecule has 1 aromatic carbocycles. The van der Waals surface area contributed by atoms with Gasteiger partial charge in [0.05, 0.1) is 5.56 Å². The molecule has 0 saturated carbocycles. The van der Waals surface area contributed by atoms with Gasteiger partial charge in [0.2, 0.25) is 0 Å². The van der Waals surface area contributed by atoms with Gasteiger partial charge in [0.1, 0.15) is 22.5 Å². The monoisotopic (exact) mass is 371 g/mol. The summed E-state index contributed by atoms with van der Waals surface area (Å²) < 4.78 is 33.1. The highest BCUT2D eigenvalue weighted by Crippen LogP contribution is 2.33. The van der Waals surface area contributed by atoms with Gasteiger partial charge in [0.25, 0.3) is 5.91 Å². The molecule has 136 valence electrons. The second kappa shape index (κ2) is 8.31. The number of azide groups is 1. The van der Waals surface area contributed by atoms with E-state index < -0.39 is 39.9 Å². The molecule has 0 fully saturated rings. The minimum Gasteiger partial charge on any atom is -0.459 e. The molecule has 0 spiro atoms. The molecule has 0 saturated heterocycles. The molecule has 1 rings (SSSR count). The number of benzene rings is 1. The Morgan fingerprint density at radius 3 is 2.32 bits per heavy atom. The number of amides is 1. The summed E-state index contributed by atoms with van der Waals surface area (Å²) in [5.74, 6) is -3.98. The van der Waals surface area contributed by atoms with Crippen molar-refractivity contribution < 1.29 is 23.1 Å². The number of nitrogens with zero attached hydrogens (tertiary/aromatic N) is 3. The average molecular weight is 371 g/mol. The van der Waals surface area contributed by atoms with Gasteiger partial charge in [0.15, 0.2) is 0 Å². The standard InChI is InChI=1S/C16H19F2N3O3S/c1-8(2)13(15(23)24-16(3,4)5)25-12-6-9(14(22)20-21-19)10(17)7-11(12)18/h6-8,13H,1-5H3. The van der Waals surface area contributed by atoms with Gasteiger partial charge in [-0.2, -0.15) is 0 Å². The number of carbonyl (C=O) groups is 2. The number of thioether (sulfide) groups is 1. The van der Waals surface area contributed by atoms with Crippen LogP contribution in [-0.2, 0) is 9.53 Å². The van der Waals surface area contributed by atoms with Crippen LogP contribution in [0.5, 0.6) is 0 Å². The first-order chi connectivity index (χ1) is 11.5. The Hall–Kier alpha value is -2.12. The quantitative estimate of drug-likeness (QED) is 0.243. The van der Waals surface area contributed by atoms with Gasteiger partial charge >= 0.3 is 5.97 Å². The summed E-state index contributed by atoms with van der Waals surface area (Å²) in [6.07, 6.45) is 0. The number of esters is 1. The normalized spacial score (nSPS) is 12.5. The lowest BCUT2D eigenvalue weighted by Crippen LogP contribution is -2.33.